The van der Waals surface area contributed by atoms with Gasteiger partial charge in [0.1, 0.15) is 4.90 Å². The van der Waals surface area contributed by atoms with Gasteiger partial charge >= 0.3 is 5.97 Å². The zero-order valence-electron chi connectivity index (χ0n) is 21.0. The molecule has 3 aromatic carbocycles. The van der Waals surface area contributed by atoms with E-state index in [0.29, 0.717) is 24.1 Å². The van der Waals surface area contributed by atoms with Crippen molar-refractivity contribution in [2.75, 3.05) is 31.6 Å². The summed E-state index contributed by atoms with van der Waals surface area (Å²) in [7, 11) is -2.10. The van der Waals surface area contributed by atoms with Crippen LogP contribution in [0.25, 0.3) is 32.9 Å². The monoisotopic (exact) mass is 543 g/mol. The molecule has 198 valence electrons. The lowest BCUT2D eigenvalue weighted by Crippen LogP contribution is -2.40. The summed E-state index contributed by atoms with van der Waals surface area (Å²) in [6.07, 6.45) is 3.13. The zero-order valence-corrected chi connectivity index (χ0v) is 21.9. The van der Waals surface area contributed by atoms with E-state index in [1.165, 1.54) is 16.6 Å². The van der Waals surface area contributed by atoms with Crippen LogP contribution in [-0.2, 0) is 21.8 Å². The minimum Gasteiger partial charge on any atom is -0.478 e. The molecule has 0 unspecified atom stereocenters. The molecule has 10 nitrogen and oxygen atoms in total. The number of carboxylic acids is 1. The molecule has 3 heterocycles. The van der Waals surface area contributed by atoms with Gasteiger partial charge in [0.2, 0.25) is 10.0 Å². The maximum atomic E-state index is 13.8. The number of para-hydroxylation sites is 1. The minimum absolute atomic E-state index is 0.0231. The van der Waals surface area contributed by atoms with E-state index in [2.05, 4.69) is 15.4 Å². The average molecular weight is 544 g/mol. The second-order valence-corrected chi connectivity index (χ2v) is 11.2. The van der Waals surface area contributed by atoms with E-state index >= 15 is 0 Å². The van der Waals surface area contributed by atoms with Gasteiger partial charge in [-0.1, -0.05) is 30.3 Å². The third-order valence-electron chi connectivity index (χ3n) is 6.92. The number of aromatic nitrogens is 3. The van der Waals surface area contributed by atoms with E-state index in [1.54, 1.807) is 29.1 Å². The van der Waals surface area contributed by atoms with Gasteiger partial charge in [0.05, 0.1) is 47.4 Å². The highest BCUT2D eigenvalue weighted by atomic mass is 32.2. The molecule has 2 N–H and O–H groups in total. The maximum absolute atomic E-state index is 13.8. The Bertz CT molecular complexity index is 1840. The molecule has 0 spiro atoms. The van der Waals surface area contributed by atoms with Crippen LogP contribution in [0.1, 0.15) is 10.4 Å². The first-order valence-corrected chi connectivity index (χ1v) is 13.8. The number of nitrogens with one attached hydrogen (secondary N) is 1. The zero-order chi connectivity index (χ0) is 27.1. The summed E-state index contributed by atoms with van der Waals surface area (Å²) >= 11 is 0. The molecule has 0 atom stereocenters. The number of pyridine rings is 1. The minimum atomic E-state index is -3.97. The van der Waals surface area contributed by atoms with Crippen LogP contribution in [0, 0.1) is 0 Å². The van der Waals surface area contributed by atoms with Crippen molar-refractivity contribution in [3.63, 3.8) is 0 Å². The molecule has 6 rings (SSSR count). The summed E-state index contributed by atoms with van der Waals surface area (Å²) in [6, 6.07) is 18.0. The summed E-state index contributed by atoms with van der Waals surface area (Å²) in [4.78, 5) is 16.4. The number of carboxylic acid groups (broad SMARTS) is 1. The van der Waals surface area contributed by atoms with Gasteiger partial charge in [0, 0.05) is 37.1 Å². The van der Waals surface area contributed by atoms with Crippen LogP contribution in [-0.4, -0.2) is 64.9 Å². The fourth-order valence-electron chi connectivity index (χ4n) is 4.84. The molecule has 39 heavy (non-hydrogen) atoms. The van der Waals surface area contributed by atoms with Gasteiger partial charge in [0.25, 0.3) is 0 Å². The molecule has 0 aliphatic carbocycles. The van der Waals surface area contributed by atoms with Crippen molar-refractivity contribution < 1.29 is 23.1 Å². The number of nitrogens with zero attached hydrogens (tertiary/aromatic N) is 4. The van der Waals surface area contributed by atoms with Gasteiger partial charge in [0.15, 0.2) is 0 Å². The van der Waals surface area contributed by atoms with E-state index in [0.717, 1.165) is 22.0 Å². The number of sulfonamides is 1. The number of rotatable bonds is 6. The molecule has 1 fully saturated rings. The fourth-order valence-corrected chi connectivity index (χ4v) is 6.35. The van der Waals surface area contributed by atoms with Crippen molar-refractivity contribution >= 4 is 49.2 Å². The van der Waals surface area contributed by atoms with Gasteiger partial charge < -0.3 is 15.2 Å². The Balaban J connectivity index is 1.57. The van der Waals surface area contributed by atoms with Crippen LogP contribution in [0.3, 0.4) is 0 Å². The third kappa shape index (κ3) is 4.50. The molecule has 0 saturated carbocycles. The lowest BCUT2D eigenvalue weighted by Gasteiger charge is -2.27. The van der Waals surface area contributed by atoms with Crippen LogP contribution in [0.5, 0.6) is 0 Å². The van der Waals surface area contributed by atoms with Crippen molar-refractivity contribution in [3.8, 4) is 11.1 Å². The average Bonchev–Trinajstić information content (AvgIpc) is 3.33. The van der Waals surface area contributed by atoms with Crippen LogP contribution >= 0.6 is 0 Å². The van der Waals surface area contributed by atoms with E-state index < -0.39 is 16.0 Å². The maximum Gasteiger partial charge on any atom is 0.337 e. The SMILES string of the molecule is Cn1ncc2ccc(-c3ccc4ncc(S(=O)(=O)N5CCOCC5)c(Nc5ccccc5C(=O)O)c4c3)cc21. The Kier molecular flexibility index (Phi) is 6.26. The Hall–Kier alpha value is -4.32. The highest BCUT2D eigenvalue weighted by molar-refractivity contribution is 7.89. The molecule has 2 aromatic heterocycles. The fraction of sp³-hybridized carbons (Fsp3) is 0.179. The largest absolute Gasteiger partial charge is 0.478 e. The van der Waals surface area contributed by atoms with Gasteiger partial charge in [-0.3, -0.25) is 9.67 Å². The quantitative estimate of drug-likeness (QED) is 0.326. The Labute approximate surface area is 224 Å². The van der Waals surface area contributed by atoms with Crippen LogP contribution in [0.4, 0.5) is 11.4 Å². The normalized spacial score (nSPS) is 14.6. The second-order valence-electron chi connectivity index (χ2n) is 9.26. The number of hydrogen-bond donors (Lipinski definition) is 2. The number of aromatic carboxylic acids is 1. The highest BCUT2D eigenvalue weighted by Crippen LogP contribution is 2.37. The number of benzene rings is 3. The van der Waals surface area contributed by atoms with Crippen molar-refractivity contribution in [2.24, 2.45) is 7.05 Å². The van der Waals surface area contributed by atoms with Gasteiger partial charge in [-0.15, -0.1) is 0 Å². The number of carbonyl (C=O) groups is 1. The Morgan fingerprint density at radius 1 is 1.00 bits per heavy atom. The van der Waals surface area contributed by atoms with Crippen LogP contribution < -0.4 is 5.32 Å². The summed E-state index contributed by atoms with van der Waals surface area (Å²) in [5.74, 6) is -1.13. The number of ether oxygens (including phenoxy) is 1. The van der Waals surface area contributed by atoms with Gasteiger partial charge in [-0.2, -0.15) is 9.40 Å². The number of morpholine rings is 1. The number of hydrogen-bond acceptors (Lipinski definition) is 7. The molecular formula is C28H25N5O5S. The molecule has 1 aliphatic heterocycles. The Morgan fingerprint density at radius 2 is 1.74 bits per heavy atom. The molecule has 0 amide bonds. The number of anilines is 2. The van der Waals surface area contributed by atoms with Crippen molar-refractivity contribution in [3.05, 3.63) is 78.6 Å². The third-order valence-corrected chi connectivity index (χ3v) is 8.83. The summed E-state index contributed by atoms with van der Waals surface area (Å²) in [5, 5.41) is 18.8. The number of fused-ring (bicyclic) bond motifs is 2. The van der Waals surface area contributed by atoms with Crippen LogP contribution in [0.2, 0.25) is 0 Å². The number of aryl methyl sites for hydroxylation is 1. The molecule has 1 saturated heterocycles. The van der Waals surface area contributed by atoms with Crippen molar-refractivity contribution in [1.29, 1.82) is 0 Å². The van der Waals surface area contributed by atoms with E-state index in [1.807, 2.05) is 43.4 Å². The lowest BCUT2D eigenvalue weighted by molar-refractivity contribution is 0.0698. The topological polar surface area (TPSA) is 127 Å². The predicted molar refractivity (Wildman–Crippen MR) is 148 cm³/mol. The first kappa shape index (κ1) is 25.0. The van der Waals surface area contributed by atoms with Crippen molar-refractivity contribution in [1.82, 2.24) is 19.1 Å². The smallest absolute Gasteiger partial charge is 0.337 e. The van der Waals surface area contributed by atoms with Crippen molar-refractivity contribution in [2.45, 2.75) is 4.90 Å². The van der Waals surface area contributed by atoms with Gasteiger partial charge in [-0.05, 0) is 41.5 Å². The van der Waals surface area contributed by atoms with E-state index in [9.17, 15) is 18.3 Å². The van der Waals surface area contributed by atoms with E-state index in [4.69, 9.17) is 4.74 Å². The molecular weight excluding hydrogens is 518 g/mol. The first-order valence-electron chi connectivity index (χ1n) is 12.3. The predicted octanol–water partition coefficient (Wildman–Crippen LogP) is 4.25. The van der Waals surface area contributed by atoms with E-state index in [-0.39, 0.29) is 34.9 Å². The van der Waals surface area contributed by atoms with Gasteiger partial charge in [-0.25, -0.2) is 13.2 Å². The standard InChI is InChI=1S/C28H25N5O5S/c1-32-25-15-19(6-7-20(25)16-30-32)18-8-9-23-22(14-18)27(31-24-5-3-2-4-21(24)28(34)35)26(17-29-23)39(36,37)33-10-12-38-13-11-33/h2-9,14-17H,10-13H2,1H3,(H,29,31)(H,34,35). The highest BCUT2D eigenvalue weighted by Gasteiger charge is 2.30. The lowest BCUT2D eigenvalue weighted by atomic mass is 10.0. The molecule has 11 heteroatoms. The molecule has 0 radical (unpaired) electrons. The first-order chi connectivity index (χ1) is 18.8. The molecule has 0 bridgehead atoms. The second kappa shape index (κ2) is 9.77. The summed E-state index contributed by atoms with van der Waals surface area (Å²) in [6.45, 7) is 1.03. The van der Waals surface area contributed by atoms with Crippen LogP contribution in [0.15, 0.2) is 78.0 Å². The molecule has 5 aromatic rings. The summed E-state index contributed by atoms with van der Waals surface area (Å²) < 4.78 is 36.2. The summed E-state index contributed by atoms with van der Waals surface area (Å²) in [5.41, 5.74) is 3.87. The Morgan fingerprint density at radius 3 is 2.54 bits per heavy atom. The molecule has 1 aliphatic rings.